The van der Waals surface area contributed by atoms with Crippen LogP contribution >= 0.6 is 12.4 Å². The summed E-state index contributed by atoms with van der Waals surface area (Å²) in [5.74, 6) is -1.23. The third kappa shape index (κ3) is 2.76. The molecule has 1 atom stereocenters. The summed E-state index contributed by atoms with van der Waals surface area (Å²) in [7, 11) is 0. The molecule has 1 saturated heterocycles. The highest BCUT2D eigenvalue weighted by atomic mass is 35.5. The molecule has 1 aromatic rings. The fourth-order valence-electron chi connectivity index (χ4n) is 2.18. The Morgan fingerprint density at radius 3 is 2.71 bits per heavy atom. The van der Waals surface area contributed by atoms with Crippen molar-refractivity contribution in [1.82, 2.24) is 5.32 Å². The molecule has 1 aliphatic rings. The summed E-state index contributed by atoms with van der Waals surface area (Å²) in [6.45, 7) is 0.681. The summed E-state index contributed by atoms with van der Waals surface area (Å²) >= 11 is 0. The molecule has 5 heteroatoms. The van der Waals surface area contributed by atoms with Crippen molar-refractivity contribution in [3.05, 3.63) is 35.6 Å². The summed E-state index contributed by atoms with van der Waals surface area (Å²) in [5.41, 5.74) is -0.526. The SMILES string of the molecule is Cl.O=C(O)[C@]1(Cc2ccccc2F)CCCN1. The first kappa shape index (κ1) is 13.9. The number of benzene rings is 1. The zero-order valence-electron chi connectivity index (χ0n) is 9.28. The summed E-state index contributed by atoms with van der Waals surface area (Å²) in [6, 6.07) is 6.33. The van der Waals surface area contributed by atoms with Gasteiger partial charge in [0.15, 0.2) is 0 Å². The summed E-state index contributed by atoms with van der Waals surface area (Å²) in [6.07, 6.45) is 1.58. The van der Waals surface area contributed by atoms with E-state index in [1.165, 1.54) is 6.07 Å². The van der Waals surface area contributed by atoms with Crippen molar-refractivity contribution in [3.8, 4) is 0 Å². The number of carboxylic acids is 1. The Kier molecular flexibility index (Phi) is 4.48. The average Bonchev–Trinajstić information content (AvgIpc) is 2.71. The predicted octanol–water partition coefficient (Wildman–Crippen LogP) is 2.00. The number of rotatable bonds is 3. The molecule has 94 valence electrons. The Morgan fingerprint density at radius 1 is 1.47 bits per heavy atom. The maximum atomic E-state index is 13.5. The van der Waals surface area contributed by atoms with Gasteiger partial charge in [0, 0.05) is 6.42 Å². The van der Waals surface area contributed by atoms with Crippen LogP contribution in [0.2, 0.25) is 0 Å². The van der Waals surface area contributed by atoms with Gasteiger partial charge in [0.1, 0.15) is 11.4 Å². The number of hydrogen-bond acceptors (Lipinski definition) is 2. The van der Waals surface area contributed by atoms with Crippen LogP contribution in [0.4, 0.5) is 4.39 Å². The van der Waals surface area contributed by atoms with Gasteiger partial charge in [0.05, 0.1) is 0 Å². The van der Waals surface area contributed by atoms with E-state index in [9.17, 15) is 14.3 Å². The number of carbonyl (C=O) groups is 1. The number of aliphatic carboxylic acids is 1. The van der Waals surface area contributed by atoms with Gasteiger partial charge in [-0.1, -0.05) is 18.2 Å². The van der Waals surface area contributed by atoms with Gasteiger partial charge in [-0.15, -0.1) is 12.4 Å². The zero-order valence-corrected chi connectivity index (χ0v) is 10.1. The monoisotopic (exact) mass is 259 g/mol. The van der Waals surface area contributed by atoms with Crippen molar-refractivity contribution >= 4 is 18.4 Å². The lowest BCUT2D eigenvalue weighted by Gasteiger charge is -2.24. The summed E-state index contributed by atoms with van der Waals surface area (Å²) < 4.78 is 13.5. The van der Waals surface area contributed by atoms with Crippen molar-refractivity contribution < 1.29 is 14.3 Å². The van der Waals surface area contributed by atoms with Gasteiger partial charge in [-0.05, 0) is 31.0 Å². The smallest absolute Gasteiger partial charge is 0.324 e. The second-order valence-electron chi connectivity index (χ2n) is 4.19. The Hall–Kier alpha value is -1.13. The summed E-state index contributed by atoms with van der Waals surface area (Å²) in [4.78, 5) is 11.3. The van der Waals surface area contributed by atoms with Crippen LogP contribution in [0.15, 0.2) is 24.3 Å². The van der Waals surface area contributed by atoms with E-state index < -0.39 is 11.5 Å². The van der Waals surface area contributed by atoms with E-state index in [2.05, 4.69) is 5.32 Å². The second-order valence-corrected chi connectivity index (χ2v) is 4.19. The van der Waals surface area contributed by atoms with Gasteiger partial charge in [-0.3, -0.25) is 4.79 Å². The molecular weight excluding hydrogens is 245 g/mol. The predicted molar refractivity (Wildman–Crippen MR) is 65.0 cm³/mol. The molecule has 0 unspecified atom stereocenters. The number of hydrogen-bond donors (Lipinski definition) is 2. The van der Waals surface area contributed by atoms with Crippen LogP contribution in [0.1, 0.15) is 18.4 Å². The highest BCUT2D eigenvalue weighted by Crippen LogP contribution is 2.25. The third-order valence-electron chi connectivity index (χ3n) is 3.10. The maximum absolute atomic E-state index is 13.5. The molecule has 0 bridgehead atoms. The first-order valence-electron chi connectivity index (χ1n) is 5.36. The van der Waals surface area contributed by atoms with Crippen LogP contribution in [0.25, 0.3) is 0 Å². The highest BCUT2D eigenvalue weighted by molar-refractivity contribution is 5.85. The molecule has 0 aromatic heterocycles. The number of carboxylic acid groups (broad SMARTS) is 1. The molecule has 1 aromatic carbocycles. The van der Waals surface area contributed by atoms with Crippen LogP contribution in [-0.4, -0.2) is 23.2 Å². The van der Waals surface area contributed by atoms with Crippen molar-refractivity contribution in [1.29, 1.82) is 0 Å². The minimum Gasteiger partial charge on any atom is -0.480 e. The number of halogens is 2. The molecule has 0 saturated carbocycles. The Balaban J connectivity index is 0.00000144. The minimum absolute atomic E-state index is 0. The first-order chi connectivity index (χ1) is 7.64. The second kappa shape index (κ2) is 5.47. The average molecular weight is 260 g/mol. The van der Waals surface area contributed by atoms with Gasteiger partial charge in [-0.25, -0.2) is 4.39 Å². The van der Waals surface area contributed by atoms with Crippen LogP contribution < -0.4 is 5.32 Å². The maximum Gasteiger partial charge on any atom is 0.324 e. The van der Waals surface area contributed by atoms with E-state index in [0.29, 0.717) is 18.5 Å². The minimum atomic E-state index is -0.984. The van der Waals surface area contributed by atoms with Crippen LogP contribution in [0.5, 0.6) is 0 Å². The zero-order chi connectivity index (χ0) is 11.6. The van der Waals surface area contributed by atoms with E-state index in [1.54, 1.807) is 18.2 Å². The largest absolute Gasteiger partial charge is 0.480 e. The van der Waals surface area contributed by atoms with Crippen molar-refractivity contribution in [2.45, 2.75) is 24.8 Å². The molecular formula is C12H15ClFNO2. The van der Waals surface area contributed by atoms with Crippen LogP contribution in [0, 0.1) is 5.82 Å². The van der Waals surface area contributed by atoms with Gasteiger partial charge in [0.2, 0.25) is 0 Å². The lowest BCUT2D eigenvalue weighted by Crippen LogP contribution is -2.49. The topological polar surface area (TPSA) is 49.3 Å². The molecule has 3 nitrogen and oxygen atoms in total. The standard InChI is InChI=1S/C12H14FNO2.ClH/c13-10-5-2-1-4-9(10)8-12(11(15)16)6-3-7-14-12;/h1-2,4-5,14H,3,6-8H2,(H,15,16);1H/t12-;/m1./s1. The van der Waals surface area contributed by atoms with Crippen LogP contribution in [0.3, 0.4) is 0 Å². The molecule has 2 rings (SSSR count). The lowest BCUT2D eigenvalue weighted by atomic mass is 9.89. The van der Waals surface area contributed by atoms with Crippen molar-refractivity contribution in [2.75, 3.05) is 6.54 Å². The van der Waals surface area contributed by atoms with Crippen molar-refractivity contribution in [2.24, 2.45) is 0 Å². The van der Waals surface area contributed by atoms with Gasteiger partial charge in [-0.2, -0.15) is 0 Å². The Labute approximate surface area is 105 Å². The molecule has 0 radical (unpaired) electrons. The molecule has 1 fully saturated rings. The third-order valence-corrected chi connectivity index (χ3v) is 3.10. The molecule has 0 aliphatic carbocycles. The van der Waals surface area contributed by atoms with E-state index in [0.717, 1.165) is 6.42 Å². The molecule has 1 aliphatic heterocycles. The van der Waals surface area contributed by atoms with Gasteiger partial charge < -0.3 is 10.4 Å². The fraction of sp³-hybridized carbons (Fsp3) is 0.417. The first-order valence-corrected chi connectivity index (χ1v) is 5.36. The summed E-state index contributed by atoms with van der Waals surface area (Å²) in [5, 5.41) is 12.2. The Bertz CT molecular complexity index is 405. The van der Waals surface area contributed by atoms with E-state index in [4.69, 9.17) is 0 Å². The molecule has 1 heterocycles. The fourth-order valence-corrected chi connectivity index (χ4v) is 2.18. The molecule has 17 heavy (non-hydrogen) atoms. The quantitative estimate of drug-likeness (QED) is 0.873. The molecule has 0 amide bonds. The van der Waals surface area contributed by atoms with E-state index >= 15 is 0 Å². The van der Waals surface area contributed by atoms with Crippen molar-refractivity contribution in [3.63, 3.8) is 0 Å². The highest BCUT2D eigenvalue weighted by Gasteiger charge is 2.41. The van der Waals surface area contributed by atoms with E-state index in [-0.39, 0.29) is 24.6 Å². The van der Waals surface area contributed by atoms with Crippen LogP contribution in [-0.2, 0) is 11.2 Å². The lowest BCUT2D eigenvalue weighted by molar-refractivity contribution is -0.144. The molecule has 0 spiro atoms. The van der Waals surface area contributed by atoms with Gasteiger partial charge >= 0.3 is 5.97 Å². The Morgan fingerprint density at radius 2 is 2.18 bits per heavy atom. The normalized spacial score (nSPS) is 23.1. The molecule has 2 N–H and O–H groups in total. The van der Waals surface area contributed by atoms with Gasteiger partial charge in [0.25, 0.3) is 0 Å². The van der Waals surface area contributed by atoms with E-state index in [1.807, 2.05) is 0 Å². The number of nitrogens with one attached hydrogen (secondary N) is 1.